The summed E-state index contributed by atoms with van der Waals surface area (Å²) >= 11 is 5.84. The molecule has 2 aromatic carbocycles. The van der Waals surface area contributed by atoms with Gasteiger partial charge < -0.3 is 26.0 Å². The first-order valence-corrected chi connectivity index (χ1v) is 10.6. The van der Waals surface area contributed by atoms with Crippen LogP contribution >= 0.6 is 11.6 Å². The molecule has 0 unspecified atom stereocenters. The normalized spacial score (nSPS) is 17.2. The van der Waals surface area contributed by atoms with Crippen molar-refractivity contribution in [2.75, 3.05) is 30.3 Å². The zero-order valence-corrected chi connectivity index (χ0v) is 17.8. The zero-order chi connectivity index (χ0) is 22.9. The van der Waals surface area contributed by atoms with E-state index in [1.807, 2.05) is 0 Å². The zero-order valence-electron chi connectivity index (χ0n) is 17.1. The second-order valence-electron chi connectivity index (χ2n) is 7.96. The van der Waals surface area contributed by atoms with Crippen molar-refractivity contribution in [3.05, 3.63) is 52.8 Å². The molecule has 0 aromatic heterocycles. The van der Waals surface area contributed by atoms with Crippen LogP contribution in [-0.2, 0) is 4.79 Å². The molecule has 2 aromatic rings. The van der Waals surface area contributed by atoms with Crippen LogP contribution in [0.15, 0.2) is 36.4 Å². The predicted octanol–water partition coefficient (Wildman–Crippen LogP) is 3.57. The maximum atomic E-state index is 13.5. The number of hydrogen-bond donors (Lipinski definition) is 4. The minimum absolute atomic E-state index is 0.0181. The van der Waals surface area contributed by atoms with Crippen LogP contribution in [0.5, 0.6) is 5.75 Å². The van der Waals surface area contributed by atoms with Crippen molar-refractivity contribution in [3.8, 4) is 5.75 Å². The van der Waals surface area contributed by atoms with Gasteiger partial charge in [-0.15, -0.1) is 0 Å². The molecule has 1 spiro atoms. The number of aromatic hydroxyl groups is 1. The third kappa shape index (κ3) is 4.08. The largest absolute Gasteiger partial charge is 0.505 e. The Morgan fingerprint density at radius 3 is 2.41 bits per heavy atom. The Kier molecular flexibility index (Phi) is 5.92. The molecule has 4 rings (SSSR count). The smallest absolute Gasteiger partial charge is 0.323 e. The van der Waals surface area contributed by atoms with Crippen LogP contribution in [0, 0.1) is 11.2 Å². The summed E-state index contributed by atoms with van der Waals surface area (Å²) in [5.41, 5.74) is -0.282. The number of anilines is 2. The molecular weight excluding hydrogens is 439 g/mol. The molecule has 0 aliphatic carbocycles. The van der Waals surface area contributed by atoms with E-state index in [0.29, 0.717) is 32.5 Å². The van der Waals surface area contributed by atoms with E-state index in [-0.39, 0.29) is 39.5 Å². The number of urea groups is 1. The number of likely N-dealkylation sites (tertiary alicyclic amines) is 1. The van der Waals surface area contributed by atoms with Gasteiger partial charge in [0.25, 0.3) is 5.91 Å². The van der Waals surface area contributed by atoms with E-state index in [9.17, 15) is 23.9 Å². The molecule has 2 aliphatic rings. The molecule has 2 heterocycles. The number of hydrogen-bond acceptors (Lipinski definition) is 4. The average Bonchev–Trinajstić information content (AvgIpc) is 3.12. The van der Waals surface area contributed by atoms with Gasteiger partial charge in [-0.2, -0.15) is 0 Å². The lowest BCUT2D eigenvalue weighted by molar-refractivity contribution is -0.129. The lowest BCUT2D eigenvalue weighted by Crippen LogP contribution is -2.46. The second kappa shape index (κ2) is 8.66. The number of rotatable bonds is 3. The van der Waals surface area contributed by atoms with Gasteiger partial charge in [0.1, 0.15) is 5.82 Å². The van der Waals surface area contributed by atoms with Crippen molar-refractivity contribution in [1.29, 1.82) is 0 Å². The molecule has 2 saturated heterocycles. The van der Waals surface area contributed by atoms with Gasteiger partial charge in [0.2, 0.25) is 5.91 Å². The van der Waals surface area contributed by atoms with Crippen molar-refractivity contribution in [2.24, 2.45) is 5.41 Å². The van der Waals surface area contributed by atoms with Gasteiger partial charge in [-0.05, 0) is 43.5 Å². The Morgan fingerprint density at radius 2 is 1.72 bits per heavy atom. The van der Waals surface area contributed by atoms with Crippen LogP contribution in [0.4, 0.5) is 20.6 Å². The summed E-state index contributed by atoms with van der Waals surface area (Å²) in [6.45, 7) is 1.47. The van der Waals surface area contributed by atoms with Crippen molar-refractivity contribution in [1.82, 2.24) is 10.2 Å². The molecule has 0 bridgehead atoms. The molecule has 32 heavy (non-hydrogen) atoms. The summed E-state index contributed by atoms with van der Waals surface area (Å²) in [6.07, 6.45) is 1.91. The number of nitrogens with one attached hydrogen (secondary N) is 3. The van der Waals surface area contributed by atoms with Crippen LogP contribution in [0.2, 0.25) is 5.02 Å². The first kappa shape index (κ1) is 21.9. The molecule has 4 amide bonds. The third-order valence-electron chi connectivity index (χ3n) is 6.09. The number of phenols is 1. The fourth-order valence-electron chi connectivity index (χ4n) is 4.19. The highest BCUT2D eigenvalue weighted by atomic mass is 35.5. The number of carbonyl (C=O) groups is 3. The van der Waals surface area contributed by atoms with Crippen molar-refractivity contribution in [3.63, 3.8) is 0 Å². The van der Waals surface area contributed by atoms with Crippen LogP contribution < -0.4 is 16.0 Å². The van der Waals surface area contributed by atoms with E-state index in [1.54, 1.807) is 4.90 Å². The third-order valence-corrected chi connectivity index (χ3v) is 6.48. The maximum Gasteiger partial charge on any atom is 0.323 e. The molecule has 0 atom stereocenters. The van der Waals surface area contributed by atoms with Gasteiger partial charge in [0.15, 0.2) is 5.75 Å². The Hall–Kier alpha value is -3.33. The van der Waals surface area contributed by atoms with Gasteiger partial charge in [-0.3, -0.25) is 9.59 Å². The summed E-state index contributed by atoms with van der Waals surface area (Å²) in [7, 11) is 0. The molecule has 168 valence electrons. The number of phenolic OH excluding ortho intramolecular Hbond substituents is 1. The Bertz CT molecular complexity index is 1090. The highest BCUT2D eigenvalue weighted by molar-refractivity contribution is 6.34. The van der Waals surface area contributed by atoms with Crippen molar-refractivity contribution in [2.45, 2.75) is 19.3 Å². The molecule has 0 saturated carbocycles. The quantitative estimate of drug-likeness (QED) is 0.525. The number of piperidine rings is 1. The summed E-state index contributed by atoms with van der Waals surface area (Å²) in [5, 5.41) is 18.1. The number of carbonyl (C=O) groups excluding carboxylic acids is 3. The Balaban J connectivity index is 1.44. The fourth-order valence-corrected chi connectivity index (χ4v) is 4.37. The van der Waals surface area contributed by atoms with E-state index >= 15 is 0 Å². The number of para-hydroxylation sites is 1. The van der Waals surface area contributed by atoms with E-state index in [1.165, 1.54) is 30.3 Å². The Morgan fingerprint density at radius 1 is 1.06 bits per heavy atom. The van der Waals surface area contributed by atoms with Crippen LogP contribution in [-0.4, -0.2) is 47.5 Å². The SMILES string of the molecule is O=C(Nc1cccc(C(=O)N2CCC3(CCNC3=O)CC2)c1O)Nc1cccc(F)c1Cl. The highest BCUT2D eigenvalue weighted by Crippen LogP contribution is 2.39. The molecule has 2 aliphatic heterocycles. The molecule has 4 N–H and O–H groups in total. The van der Waals surface area contributed by atoms with Crippen LogP contribution in [0.3, 0.4) is 0 Å². The number of amides is 4. The number of benzene rings is 2. The van der Waals surface area contributed by atoms with Gasteiger partial charge in [0.05, 0.1) is 27.4 Å². The summed E-state index contributed by atoms with van der Waals surface area (Å²) < 4.78 is 13.5. The van der Waals surface area contributed by atoms with Crippen LogP contribution in [0.25, 0.3) is 0 Å². The molecular formula is C22H22ClFN4O4. The van der Waals surface area contributed by atoms with E-state index in [0.717, 1.165) is 12.5 Å². The first-order valence-electron chi connectivity index (χ1n) is 10.2. The second-order valence-corrected chi connectivity index (χ2v) is 8.34. The van der Waals surface area contributed by atoms with E-state index in [4.69, 9.17) is 11.6 Å². The topological polar surface area (TPSA) is 111 Å². The minimum Gasteiger partial charge on any atom is -0.505 e. The number of halogens is 2. The molecule has 2 fully saturated rings. The monoisotopic (exact) mass is 460 g/mol. The van der Waals surface area contributed by atoms with E-state index < -0.39 is 17.3 Å². The fraction of sp³-hybridized carbons (Fsp3) is 0.318. The highest BCUT2D eigenvalue weighted by Gasteiger charge is 2.45. The Labute approximate surface area is 188 Å². The minimum atomic E-state index is -0.760. The summed E-state index contributed by atoms with van der Waals surface area (Å²) in [4.78, 5) is 39.0. The standard InChI is InChI=1S/C22H22ClFN4O4/c23-17-14(24)4-2-5-15(17)26-21(32)27-16-6-1-3-13(18(16)29)19(30)28-11-8-22(9-12-28)7-10-25-20(22)31/h1-6,29H,7-12H2,(H,25,31)(H2,26,27,32). The van der Waals surface area contributed by atoms with Crippen LogP contribution in [0.1, 0.15) is 29.6 Å². The predicted molar refractivity (Wildman–Crippen MR) is 117 cm³/mol. The summed E-state index contributed by atoms with van der Waals surface area (Å²) in [5.74, 6) is -1.40. The van der Waals surface area contributed by atoms with Gasteiger partial charge in [-0.1, -0.05) is 23.7 Å². The first-order chi connectivity index (χ1) is 15.3. The van der Waals surface area contributed by atoms with E-state index in [2.05, 4.69) is 16.0 Å². The molecule has 0 radical (unpaired) electrons. The van der Waals surface area contributed by atoms with Gasteiger partial charge >= 0.3 is 6.03 Å². The average molecular weight is 461 g/mol. The summed E-state index contributed by atoms with van der Waals surface area (Å²) in [6, 6.07) is 7.67. The molecule has 10 heteroatoms. The molecule has 8 nitrogen and oxygen atoms in total. The van der Waals surface area contributed by atoms with Crippen molar-refractivity contribution < 1.29 is 23.9 Å². The maximum absolute atomic E-state index is 13.5. The van der Waals surface area contributed by atoms with Gasteiger partial charge in [0, 0.05) is 19.6 Å². The number of nitrogens with zero attached hydrogens (tertiary/aromatic N) is 1. The van der Waals surface area contributed by atoms with Crippen molar-refractivity contribution >= 4 is 40.8 Å². The lowest BCUT2D eigenvalue weighted by Gasteiger charge is -2.37. The van der Waals surface area contributed by atoms with Gasteiger partial charge in [-0.25, -0.2) is 9.18 Å². The lowest BCUT2D eigenvalue weighted by atomic mass is 9.77.